The minimum atomic E-state index is -3.93. The van der Waals surface area contributed by atoms with Crippen LogP contribution in [0.4, 0.5) is 10.1 Å². The van der Waals surface area contributed by atoms with Gasteiger partial charge in [0.15, 0.2) is 11.5 Å². The van der Waals surface area contributed by atoms with Gasteiger partial charge in [-0.3, -0.25) is 4.72 Å². The fraction of sp³-hybridized carbons (Fsp3) is 0.333. The molecule has 0 bridgehead atoms. The van der Waals surface area contributed by atoms with Gasteiger partial charge in [0.05, 0.1) is 42.6 Å². The Balaban J connectivity index is 1.34. The van der Waals surface area contributed by atoms with Gasteiger partial charge in [0.25, 0.3) is 10.0 Å². The van der Waals surface area contributed by atoms with Gasteiger partial charge in [0, 0.05) is 23.6 Å². The number of fused-ring (bicyclic) bond motifs is 1. The van der Waals surface area contributed by atoms with E-state index in [2.05, 4.69) is 19.6 Å². The summed E-state index contributed by atoms with van der Waals surface area (Å²) >= 11 is 0. The Hall–Kier alpha value is -3.96. The summed E-state index contributed by atoms with van der Waals surface area (Å²) in [5, 5.41) is 0.579. The van der Waals surface area contributed by atoms with E-state index in [4.69, 9.17) is 14.2 Å². The van der Waals surface area contributed by atoms with Gasteiger partial charge in [-0.05, 0) is 80.9 Å². The van der Waals surface area contributed by atoms with Crippen molar-refractivity contribution in [2.45, 2.75) is 30.6 Å². The summed E-state index contributed by atoms with van der Waals surface area (Å²) in [6, 6.07) is 13.5. The van der Waals surface area contributed by atoms with Crippen LogP contribution in [-0.2, 0) is 10.0 Å². The van der Waals surface area contributed by atoms with Crippen LogP contribution in [0.2, 0.25) is 0 Å². The Labute approximate surface area is 239 Å². The lowest BCUT2D eigenvalue weighted by Crippen LogP contribution is -2.31. The third-order valence-corrected chi connectivity index (χ3v) is 8.49. The van der Waals surface area contributed by atoms with Crippen molar-refractivity contribution >= 4 is 26.6 Å². The van der Waals surface area contributed by atoms with Gasteiger partial charge in [-0.1, -0.05) is 6.42 Å². The first-order valence-electron chi connectivity index (χ1n) is 13.5. The molecule has 0 amide bonds. The molecular formula is C30H33FN4O5S. The number of likely N-dealkylation sites (tertiary alicyclic amines) is 1. The summed E-state index contributed by atoms with van der Waals surface area (Å²) in [4.78, 5) is 11.2. The summed E-state index contributed by atoms with van der Waals surface area (Å²) < 4.78 is 60.1. The molecule has 5 rings (SSSR count). The van der Waals surface area contributed by atoms with Crippen LogP contribution in [0.15, 0.2) is 65.8 Å². The smallest absolute Gasteiger partial charge is 0.261 e. The Bertz CT molecular complexity index is 1610. The van der Waals surface area contributed by atoms with Crippen molar-refractivity contribution < 1.29 is 27.0 Å². The molecule has 4 aromatic rings. The predicted molar refractivity (Wildman–Crippen MR) is 156 cm³/mol. The highest BCUT2D eigenvalue weighted by molar-refractivity contribution is 7.92. The first-order chi connectivity index (χ1) is 19.9. The first kappa shape index (κ1) is 28.6. The molecule has 0 aliphatic carbocycles. The summed E-state index contributed by atoms with van der Waals surface area (Å²) in [6.07, 6.45) is 6.08. The number of anilines is 1. The molecule has 2 heterocycles. The van der Waals surface area contributed by atoms with Gasteiger partial charge >= 0.3 is 0 Å². The van der Waals surface area contributed by atoms with Crippen molar-refractivity contribution in [1.82, 2.24) is 14.9 Å². The Morgan fingerprint density at radius 1 is 0.927 bits per heavy atom. The van der Waals surface area contributed by atoms with Crippen LogP contribution in [0.25, 0.3) is 22.2 Å². The van der Waals surface area contributed by atoms with Crippen molar-refractivity contribution in [2.75, 3.05) is 45.2 Å². The lowest BCUT2D eigenvalue weighted by molar-refractivity contribution is 0.203. The monoisotopic (exact) mass is 580 g/mol. The second-order valence-electron chi connectivity index (χ2n) is 9.82. The van der Waals surface area contributed by atoms with E-state index in [0.29, 0.717) is 40.5 Å². The van der Waals surface area contributed by atoms with E-state index in [0.717, 1.165) is 32.1 Å². The Kier molecular flexibility index (Phi) is 8.84. The van der Waals surface area contributed by atoms with Gasteiger partial charge < -0.3 is 19.1 Å². The molecular weight excluding hydrogens is 547 g/mol. The second kappa shape index (κ2) is 12.7. The topological polar surface area (TPSA) is 103 Å². The number of nitrogens with zero attached hydrogens (tertiary/aromatic N) is 3. The first-order valence-corrected chi connectivity index (χ1v) is 15.0. The number of halogens is 1. The minimum Gasteiger partial charge on any atom is -0.497 e. The number of nitrogens with one attached hydrogen (secondary N) is 1. The van der Waals surface area contributed by atoms with Crippen molar-refractivity contribution in [3.8, 4) is 28.5 Å². The largest absolute Gasteiger partial charge is 0.497 e. The quantitative estimate of drug-likeness (QED) is 0.232. The number of aromatic nitrogens is 2. The van der Waals surface area contributed by atoms with Gasteiger partial charge in [0.2, 0.25) is 0 Å². The van der Waals surface area contributed by atoms with Crippen LogP contribution in [-0.4, -0.2) is 63.7 Å². The van der Waals surface area contributed by atoms with Gasteiger partial charge in [-0.25, -0.2) is 22.8 Å². The van der Waals surface area contributed by atoms with E-state index in [1.165, 1.54) is 57.0 Å². The lowest BCUT2D eigenvalue weighted by atomic mass is 10.0. The van der Waals surface area contributed by atoms with Crippen molar-refractivity contribution in [2.24, 2.45) is 0 Å². The summed E-state index contributed by atoms with van der Waals surface area (Å²) in [7, 11) is -0.883. The molecule has 3 aromatic carbocycles. The Morgan fingerprint density at radius 3 is 2.41 bits per heavy atom. The number of hydrogen-bond donors (Lipinski definition) is 1. The molecule has 1 aromatic heterocycles. The molecule has 41 heavy (non-hydrogen) atoms. The molecule has 0 saturated carbocycles. The number of sulfonamides is 1. The van der Waals surface area contributed by atoms with Crippen molar-refractivity contribution in [1.29, 1.82) is 0 Å². The maximum atomic E-state index is 15.4. The molecule has 1 N–H and O–H groups in total. The third-order valence-electron chi connectivity index (χ3n) is 7.09. The highest BCUT2D eigenvalue weighted by Gasteiger charge is 2.19. The van der Waals surface area contributed by atoms with Gasteiger partial charge in [-0.15, -0.1) is 0 Å². The molecule has 0 unspecified atom stereocenters. The highest BCUT2D eigenvalue weighted by Crippen LogP contribution is 2.36. The molecule has 1 saturated heterocycles. The third kappa shape index (κ3) is 6.68. The average molecular weight is 581 g/mol. The number of benzene rings is 3. The molecule has 216 valence electrons. The van der Waals surface area contributed by atoms with Crippen molar-refractivity contribution in [3.63, 3.8) is 0 Å². The fourth-order valence-electron chi connectivity index (χ4n) is 4.94. The molecule has 0 spiro atoms. The Morgan fingerprint density at radius 2 is 1.71 bits per heavy atom. The van der Waals surface area contributed by atoms with Crippen LogP contribution in [0.1, 0.15) is 25.7 Å². The SMILES string of the molecule is COc1ccc(S(=O)(=O)Nc2ccc(-c3ncnc4cc(OCCCN5CCCCC5)c(OC)cc34)c(F)c2)cc1. The predicted octanol–water partition coefficient (Wildman–Crippen LogP) is 5.51. The van der Waals surface area contributed by atoms with E-state index < -0.39 is 15.8 Å². The molecule has 11 heteroatoms. The van der Waals surface area contributed by atoms with E-state index in [1.807, 2.05) is 0 Å². The maximum Gasteiger partial charge on any atom is 0.261 e. The summed E-state index contributed by atoms with van der Waals surface area (Å²) in [5.74, 6) is 0.944. The molecule has 1 fully saturated rings. The lowest BCUT2D eigenvalue weighted by Gasteiger charge is -2.26. The van der Waals surface area contributed by atoms with Crippen LogP contribution in [0.5, 0.6) is 17.2 Å². The maximum absolute atomic E-state index is 15.4. The van der Waals surface area contributed by atoms with Gasteiger partial charge in [-0.2, -0.15) is 0 Å². The van der Waals surface area contributed by atoms with Crippen molar-refractivity contribution in [3.05, 3.63) is 66.7 Å². The minimum absolute atomic E-state index is 0.0289. The molecule has 9 nitrogen and oxygen atoms in total. The van der Waals surface area contributed by atoms with Gasteiger partial charge in [0.1, 0.15) is 17.9 Å². The highest BCUT2D eigenvalue weighted by atomic mass is 32.2. The summed E-state index contributed by atoms with van der Waals surface area (Å²) in [6.45, 7) is 3.82. The number of rotatable bonds is 11. The zero-order valence-electron chi connectivity index (χ0n) is 23.1. The normalized spacial score (nSPS) is 14.1. The molecule has 0 atom stereocenters. The van der Waals surface area contributed by atoms with Crippen LogP contribution < -0.4 is 18.9 Å². The zero-order valence-corrected chi connectivity index (χ0v) is 23.9. The summed E-state index contributed by atoms with van der Waals surface area (Å²) in [5.41, 5.74) is 1.21. The second-order valence-corrected chi connectivity index (χ2v) is 11.5. The average Bonchev–Trinajstić information content (AvgIpc) is 2.99. The standard InChI is InChI=1S/C30H33FN4O5S/c1-38-22-8-10-23(11-9-22)41(36,37)34-21-7-12-24(26(31)17-21)30-25-18-28(39-2)29(19-27(25)32-20-33-30)40-16-6-15-35-13-4-3-5-14-35/h7-12,17-20,34H,3-6,13-16H2,1-2H3. The van der Waals surface area contributed by atoms with Crippen LogP contribution in [0.3, 0.4) is 0 Å². The fourth-order valence-corrected chi connectivity index (χ4v) is 5.99. The van der Waals surface area contributed by atoms with Crippen LogP contribution in [0, 0.1) is 5.82 Å². The molecule has 1 aliphatic rings. The van der Waals surface area contributed by atoms with E-state index in [-0.39, 0.29) is 16.1 Å². The molecule has 1 aliphatic heterocycles. The number of methoxy groups -OCH3 is 2. The van der Waals surface area contributed by atoms with E-state index in [9.17, 15) is 8.42 Å². The number of piperidine rings is 1. The molecule has 0 radical (unpaired) electrons. The number of hydrogen-bond acceptors (Lipinski definition) is 8. The number of ether oxygens (including phenoxy) is 3. The van der Waals surface area contributed by atoms with E-state index >= 15 is 4.39 Å². The zero-order chi connectivity index (χ0) is 28.8. The van der Waals surface area contributed by atoms with Crippen LogP contribution >= 0.6 is 0 Å². The van der Waals surface area contributed by atoms with E-state index in [1.54, 1.807) is 31.4 Å².